The van der Waals surface area contributed by atoms with Gasteiger partial charge in [0.05, 0.1) is 4.90 Å². The summed E-state index contributed by atoms with van der Waals surface area (Å²) in [6.07, 6.45) is 0.917. The van der Waals surface area contributed by atoms with Gasteiger partial charge in [-0.2, -0.15) is 0 Å². The standard InChI is InChI=1S/C9H11NO5S/c1-16(14,15)6-4-2-3-5(11)7(6)8(10)9(12)13/h2-4,8,11H,10H2,1H3,(H,12,13). The van der Waals surface area contributed by atoms with Crippen molar-refractivity contribution in [3.8, 4) is 5.75 Å². The molecule has 6 nitrogen and oxygen atoms in total. The molecule has 0 amide bonds. The highest BCUT2D eigenvalue weighted by atomic mass is 32.2. The number of carbonyl (C=O) groups is 1. The Morgan fingerprint density at radius 1 is 1.44 bits per heavy atom. The minimum atomic E-state index is -3.64. The van der Waals surface area contributed by atoms with E-state index in [2.05, 4.69) is 0 Å². The molecule has 88 valence electrons. The van der Waals surface area contributed by atoms with E-state index in [0.717, 1.165) is 6.26 Å². The van der Waals surface area contributed by atoms with Crippen LogP contribution in [-0.2, 0) is 14.6 Å². The molecule has 0 aliphatic rings. The zero-order valence-corrected chi connectivity index (χ0v) is 9.23. The van der Waals surface area contributed by atoms with Gasteiger partial charge in [-0.1, -0.05) is 6.07 Å². The number of hydrogen-bond acceptors (Lipinski definition) is 5. The lowest BCUT2D eigenvalue weighted by atomic mass is 10.1. The summed E-state index contributed by atoms with van der Waals surface area (Å²) in [7, 11) is -3.64. The zero-order chi connectivity index (χ0) is 12.5. The van der Waals surface area contributed by atoms with Gasteiger partial charge in [0.2, 0.25) is 0 Å². The first-order chi connectivity index (χ1) is 7.25. The lowest BCUT2D eigenvalue weighted by molar-refractivity contribution is -0.138. The van der Waals surface area contributed by atoms with E-state index < -0.39 is 27.6 Å². The Bertz CT molecular complexity index is 523. The number of phenols is 1. The number of rotatable bonds is 3. The maximum Gasteiger partial charge on any atom is 0.325 e. The van der Waals surface area contributed by atoms with Gasteiger partial charge in [0.25, 0.3) is 0 Å². The Morgan fingerprint density at radius 3 is 2.44 bits per heavy atom. The van der Waals surface area contributed by atoms with Gasteiger partial charge in [0, 0.05) is 11.8 Å². The van der Waals surface area contributed by atoms with Crippen LogP contribution >= 0.6 is 0 Å². The van der Waals surface area contributed by atoms with Gasteiger partial charge in [0.15, 0.2) is 9.84 Å². The second-order valence-corrected chi connectivity index (χ2v) is 5.26. The molecule has 1 aromatic carbocycles. The average molecular weight is 245 g/mol. The summed E-state index contributed by atoms with van der Waals surface area (Å²) in [6.45, 7) is 0. The minimum Gasteiger partial charge on any atom is -0.508 e. The number of aliphatic carboxylic acids is 1. The van der Waals surface area contributed by atoms with Crippen LogP contribution in [0.5, 0.6) is 5.75 Å². The maximum atomic E-state index is 11.4. The molecule has 1 rings (SSSR count). The second kappa shape index (κ2) is 4.11. The number of hydrogen-bond donors (Lipinski definition) is 3. The van der Waals surface area contributed by atoms with Crippen molar-refractivity contribution in [1.29, 1.82) is 0 Å². The third-order valence-corrected chi connectivity index (χ3v) is 3.17. The van der Waals surface area contributed by atoms with Crippen molar-refractivity contribution in [2.75, 3.05) is 6.26 Å². The van der Waals surface area contributed by atoms with Crippen molar-refractivity contribution in [1.82, 2.24) is 0 Å². The molecular weight excluding hydrogens is 234 g/mol. The number of aromatic hydroxyl groups is 1. The molecule has 16 heavy (non-hydrogen) atoms. The van der Waals surface area contributed by atoms with E-state index in [0.29, 0.717) is 0 Å². The average Bonchev–Trinajstić information content (AvgIpc) is 2.14. The van der Waals surface area contributed by atoms with Crippen LogP contribution in [0.1, 0.15) is 11.6 Å². The van der Waals surface area contributed by atoms with Crippen LogP contribution in [0.4, 0.5) is 0 Å². The number of carboxylic acids is 1. The van der Waals surface area contributed by atoms with Gasteiger partial charge in [-0.3, -0.25) is 4.79 Å². The summed E-state index contributed by atoms with van der Waals surface area (Å²) in [4.78, 5) is 10.4. The molecule has 0 radical (unpaired) electrons. The number of carboxylic acid groups (broad SMARTS) is 1. The van der Waals surface area contributed by atoms with Crippen LogP contribution in [0.15, 0.2) is 23.1 Å². The Labute approximate surface area is 92.2 Å². The molecule has 0 heterocycles. The molecule has 1 aromatic rings. The third-order valence-electron chi connectivity index (χ3n) is 2.02. The normalized spacial score (nSPS) is 13.4. The first-order valence-corrected chi connectivity index (χ1v) is 6.14. The molecule has 1 atom stereocenters. The van der Waals surface area contributed by atoms with E-state index in [1.807, 2.05) is 0 Å². The van der Waals surface area contributed by atoms with Gasteiger partial charge < -0.3 is 15.9 Å². The molecule has 0 spiro atoms. The molecular formula is C9H11NO5S. The van der Waals surface area contributed by atoms with Crippen molar-refractivity contribution in [2.24, 2.45) is 5.73 Å². The van der Waals surface area contributed by atoms with Crippen LogP contribution < -0.4 is 5.73 Å². The van der Waals surface area contributed by atoms with Crippen LogP contribution in [0.25, 0.3) is 0 Å². The van der Waals surface area contributed by atoms with E-state index in [1.54, 1.807) is 0 Å². The Morgan fingerprint density at radius 2 is 2.00 bits per heavy atom. The van der Waals surface area contributed by atoms with Gasteiger partial charge in [-0.15, -0.1) is 0 Å². The molecule has 0 aromatic heterocycles. The molecule has 0 saturated heterocycles. The summed E-state index contributed by atoms with van der Waals surface area (Å²) < 4.78 is 22.7. The molecule has 0 saturated carbocycles. The van der Waals surface area contributed by atoms with Crippen LogP contribution in [0.2, 0.25) is 0 Å². The molecule has 0 aliphatic carbocycles. The second-order valence-electron chi connectivity index (χ2n) is 3.28. The smallest absolute Gasteiger partial charge is 0.325 e. The van der Waals surface area contributed by atoms with Gasteiger partial charge in [0.1, 0.15) is 11.8 Å². The number of phenolic OH excluding ortho intramolecular Hbond substituents is 1. The predicted octanol–water partition coefficient (Wildman–Crippen LogP) is -0.120. The lowest BCUT2D eigenvalue weighted by Crippen LogP contribution is -2.23. The van der Waals surface area contributed by atoms with Crippen molar-refractivity contribution >= 4 is 15.8 Å². The van der Waals surface area contributed by atoms with Gasteiger partial charge in [-0.05, 0) is 12.1 Å². The molecule has 7 heteroatoms. The van der Waals surface area contributed by atoms with Crippen molar-refractivity contribution in [3.63, 3.8) is 0 Å². The topological polar surface area (TPSA) is 118 Å². The molecule has 0 bridgehead atoms. The number of benzene rings is 1. The Hall–Kier alpha value is -1.60. The summed E-state index contributed by atoms with van der Waals surface area (Å²) in [5.74, 6) is -1.86. The summed E-state index contributed by atoms with van der Waals surface area (Å²) in [5, 5.41) is 18.2. The minimum absolute atomic E-state index is 0.276. The number of nitrogens with two attached hydrogens (primary N) is 1. The maximum absolute atomic E-state index is 11.4. The van der Waals surface area contributed by atoms with Crippen molar-refractivity contribution in [2.45, 2.75) is 10.9 Å². The van der Waals surface area contributed by atoms with Crippen molar-refractivity contribution < 1.29 is 23.4 Å². The fourth-order valence-corrected chi connectivity index (χ4v) is 2.25. The SMILES string of the molecule is CS(=O)(=O)c1cccc(O)c1C(N)C(=O)O. The lowest BCUT2D eigenvalue weighted by Gasteiger charge is -2.13. The molecule has 1 unspecified atom stereocenters. The largest absolute Gasteiger partial charge is 0.508 e. The molecule has 4 N–H and O–H groups in total. The van der Waals surface area contributed by atoms with E-state index in [9.17, 15) is 18.3 Å². The fraction of sp³-hybridized carbons (Fsp3) is 0.222. The molecule has 0 aliphatic heterocycles. The Balaban J connectivity index is 3.53. The van der Waals surface area contributed by atoms with Crippen LogP contribution in [0.3, 0.4) is 0 Å². The van der Waals surface area contributed by atoms with Crippen LogP contribution in [0, 0.1) is 0 Å². The van der Waals surface area contributed by atoms with Gasteiger partial charge in [-0.25, -0.2) is 8.42 Å². The highest BCUT2D eigenvalue weighted by Crippen LogP contribution is 2.29. The summed E-state index contributed by atoms with van der Waals surface area (Å²) in [5.41, 5.74) is 5.02. The summed E-state index contributed by atoms with van der Waals surface area (Å²) in [6, 6.07) is 2.12. The molecule has 0 fully saturated rings. The summed E-state index contributed by atoms with van der Waals surface area (Å²) >= 11 is 0. The number of sulfone groups is 1. The first-order valence-electron chi connectivity index (χ1n) is 4.25. The highest BCUT2D eigenvalue weighted by molar-refractivity contribution is 7.90. The monoisotopic (exact) mass is 245 g/mol. The first kappa shape index (κ1) is 12.5. The highest BCUT2D eigenvalue weighted by Gasteiger charge is 2.25. The van der Waals surface area contributed by atoms with E-state index >= 15 is 0 Å². The van der Waals surface area contributed by atoms with Crippen LogP contribution in [-0.4, -0.2) is 30.9 Å². The predicted molar refractivity (Wildman–Crippen MR) is 55.8 cm³/mol. The Kier molecular flexibility index (Phi) is 3.20. The van der Waals surface area contributed by atoms with E-state index in [-0.39, 0.29) is 10.5 Å². The van der Waals surface area contributed by atoms with Gasteiger partial charge >= 0.3 is 5.97 Å². The fourth-order valence-electron chi connectivity index (χ4n) is 1.29. The zero-order valence-electron chi connectivity index (χ0n) is 8.41. The van der Waals surface area contributed by atoms with E-state index in [1.165, 1.54) is 18.2 Å². The quantitative estimate of drug-likeness (QED) is 0.683. The van der Waals surface area contributed by atoms with Crippen molar-refractivity contribution in [3.05, 3.63) is 23.8 Å². The third kappa shape index (κ3) is 2.31. The van der Waals surface area contributed by atoms with E-state index in [4.69, 9.17) is 10.8 Å².